The van der Waals surface area contributed by atoms with Crippen molar-refractivity contribution in [2.24, 2.45) is 0 Å². The van der Waals surface area contributed by atoms with Crippen LogP contribution in [0, 0.1) is 13.8 Å². The highest BCUT2D eigenvalue weighted by Crippen LogP contribution is 2.31. The fourth-order valence-electron chi connectivity index (χ4n) is 3.01. The van der Waals surface area contributed by atoms with Gasteiger partial charge < -0.3 is 5.32 Å². The third kappa shape index (κ3) is 3.95. The van der Waals surface area contributed by atoms with Gasteiger partial charge in [-0.3, -0.25) is 9.59 Å². The molecule has 0 bridgehead atoms. The van der Waals surface area contributed by atoms with Gasteiger partial charge in [-0.1, -0.05) is 6.07 Å². The van der Waals surface area contributed by atoms with Gasteiger partial charge in [-0.2, -0.15) is 5.10 Å². The smallest absolute Gasteiger partial charge is 0.267 e. The van der Waals surface area contributed by atoms with Gasteiger partial charge in [0.15, 0.2) is 0 Å². The topological polar surface area (TPSA) is 76.9 Å². The van der Waals surface area contributed by atoms with E-state index in [4.69, 9.17) is 0 Å². The summed E-state index contributed by atoms with van der Waals surface area (Å²) in [7, 11) is 0. The van der Waals surface area contributed by atoms with Gasteiger partial charge in [0.2, 0.25) is 5.91 Å². The highest BCUT2D eigenvalue weighted by atomic mass is 32.1. The molecule has 1 atom stereocenters. The Balaban J connectivity index is 1.52. The Morgan fingerprint density at radius 1 is 1.07 bits per heavy atom. The van der Waals surface area contributed by atoms with Gasteiger partial charge in [0.05, 0.1) is 15.9 Å². The minimum atomic E-state index is -0.713. The number of carbonyl (C=O) groups excluding carboxylic acids is 1. The Bertz CT molecular complexity index is 1260. The first kappa shape index (κ1) is 19.0. The van der Waals surface area contributed by atoms with E-state index >= 15 is 0 Å². The molecule has 4 aromatic rings. The van der Waals surface area contributed by atoms with Crippen LogP contribution in [-0.2, 0) is 4.79 Å². The van der Waals surface area contributed by atoms with Crippen molar-refractivity contribution < 1.29 is 4.79 Å². The van der Waals surface area contributed by atoms with E-state index in [1.807, 2.05) is 30.3 Å². The number of nitrogens with one attached hydrogen (secondary N) is 1. The Labute approximate surface area is 171 Å². The number of fused-ring (bicyclic) bond motifs is 1. The number of hydrogen-bond acceptors (Lipinski definition) is 5. The first-order valence-corrected chi connectivity index (χ1v) is 10.1. The van der Waals surface area contributed by atoms with Gasteiger partial charge >= 0.3 is 0 Å². The van der Waals surface area contributed by atoms with Crippen LogP contribution in [0.15, 0.2) is 59.4 Å². The summed E-state index contributed by atoms with van der Waals surface area (Å²) in [5, 5.41) is 7.93. The van der Waals surface area contributed by atoms with Crippen LogP contribution in [0.5, 0.6) is 0 Å². The molecule has 7 heteroatoms. The van der Waals surface area contributed by atoms with E-state index in [0.717, 1.165) is 20.8 Å². The lowest BCUT2D eigenvalue weighted by atomic mass is 10.2. The molecule has 4 rings (SSSR count). The van der Waals surface area contributed by atoms with Crippen molar-refractivity contribution in [2.75, 3.05) is 5.32 Å². The molecular weight excluding hydrogens is 384 g/mol. The van der Waals surface area contributed by atoms with Gasteiger partial charge in [0.1, 0.15) is 11.0 Å². The largest absolute Gasteiger partial charge is 0.324 e. The van der Waals surface area contributed by atoms with E-state index in [2.05, 4.69) is 34.5 Å². The summed E-state index contributed by atoms with van der Waals surface area (Å²) in [6.45, 7) is 5.50. The number of rotatable bonds is 4. The van der Waals surface area contributed by atoms with Crippen LogP contribution < -0.4 is 10.9 Å². The molecule has 6 nitrogen and oxygen atoms in total. The average molecular weight is 404 g/mol. The highest BCUT2D eigenvalue weighted by Gasteiger charge is 2.17. The molecule has 0 fully saturated rings. The first-order chi connectivity index (χ1) is 13.9. The fraction of sp³-hybridized carbons (Fsp3) is 0.182. The van der Waals surface area contributed by atoms with Crippen LogP contribution in [0.3, 0.4) is 0 Å². The maximum atomic E-state index is 12.6. The van der Waals surface area contributed by atoms with Gasteiger partial charge in [0.25, 0.3) is 5.56 Å². The number of anilines is 1. The van der Waals surface area contributed by atoms with Crippen LogP contribution in [0.1, 0.15) is 24.2 Å². The third-order valence-corrected chi connectivity index (χ3v) is 5.72. The van der Waals surface area contributed by atoms with Crippen molar-refractivity contribution >= 4 is 33.1 Å². The number of aryl methyl sites for hydroxylation is 2. The SMILES string of the molecule is Cc1ccc2nc(-c3ccc(NC(=O)C(C)n4nc(C)ccc4=O)cc3)sc2c1. The molecule has 2 aromatic heterocycles. The molecule has 0 saturated heterocycles. The lowest BCUT2D eigenvalue weighted by Crippen LogP contribution is -2.33. The average Bonchev–Trinajstić information content (AvgIpc) is 3.13. The lowest BCUT2D eigenvalue weighted by Gasteiger charge is -2.14. The maximum Gasteiger partial charge on any atom is 0.267 e. The van der Waals surface area contributed by atoms with Gasteiger partial charge in [-0.15, -0.1) is 11.3 Å². The van der Waals surface area contributed by atoms with Crippen molar-refractivity contribution in [2.45, 2.75) is 26.8 Å². The van der Waals surface area contributed by atoms with Gasteiger partial charge in [-0.25, -0.2) is 9.67 Å². The molecular formula is C22H20N4O2S. The molecule has 0 aliphatic carbocycles. The van der Waals surface area contributed by atoms with Crippen molar-refractivity contribution in [1.29, 1.82) is 0 Å². The Hall–Kier alpha value is -3.32. The van der Waals surface area contributed by atoms with Crippen molar-refractivity contribution in [1.82, 2.24) is 14.8 Å². The van der Waals surface area contributed by atoms with Gasteiger partial charge in [0, 0.05) is 17.3 Å². The van der Waals surface area contributed by atoms with Crippen LogP contribution in [-0.4, -0.2) is 20.7 Å². The summed E-state index contributed by atoms with van der Waals surface area (Å²) in [5.41, 5.74) is 4.22. The third-order valence-electron chi connectivity index (χ3n) is 4.65. The second-order valence-corrected chi connectivity index (χ2v) is 8.02. The first-order valence-electron chi connectivity index (χ1n) is 9.26. The molecule has 1 amide bonds. The van der Waals surface area contributed by atoms with Crippen molar-refractivity contribution in [3.63, 3.8) is 0 Å². The monoisotopic (exact) mass is 404 g/mol. The number of benzene rings is 2. The summed E-state index contributed by atoms with van der Waals surface area (Å²) in [6.07, 6.45) is 0. The summed E-state index contributed by atoms with van der Waals surface area (Å²) < 4.78 is 2.35. The molecule has 0 radical (unpaired) electrons. The van der Waals surface area contributed by atoms with Crippen LogP contribution in [0.4, 0.5) is 5.69 Å². The van der Waals surface area contributed by atoms with Gasteiger partial charge in [-0.05, 0) is 68.8 Å². The number of thiazole rings is 1. The van der Waals surface area contributed by atoms with Crippen LogP contribution in [0.25, 0.3) is 20.8 Å². The molecule has 0 saturated carbocycles. The van der Waals surface area contributed by atoms with E-state index in [1.165, 1.54) is 16.3 Å². The molecule has 146 valence electrons. The van der Waals surface area contributed by atoms with E-state index < -0.39 is 6.04 Å². The number of carbonyl (C=O) groups is 1. The zero-order chi connectivity index (χ0) is 20.5. The number of amides is 1. The summed E-state index contributed by atoms with van der Waals surface area (Å²) >= 11 is 1.64. The standard InChI is InChI=1S/C22H20N4O2S/c1-13-4-10-18-19(12-13)29-22(24-18)16-6-8-17(9-7-16)23-21(28)15(3)26-20(27)11-5-14(2)25-26/h4-12,15H,1-3H3,(H,23,28). The zero-order valence-corrected chi connectivity index (χ0v) is 17.2. The Morgan fingerprint density at radius 3 is 2.59 bits per heavy atom. The predicted octanol–water partition coefficient (Wildman–Crippen LogP) is 4.34. The molecule has 1 N–H and O–H groups in total. The maximum absolute atomic E-state index is 12.6. The number of hydrogen-bond donors (Lipinski definition) is 1. The zero-order valence-electron chi connectivity index (χ0n) is 16.3. The lowest BCUT2D eigenvalue weighted by molar-refractivity contribution is -0.119. The summed E-state index contributed by atoms with van der Waals surface area (Å²) in [5.74, 6) is -0.298. The predicted molar refractivity (Wildman–Crippen MR) is 116 cm³/mol. The summed E-state index contributed by atoms with van der Waals surface area (Å²) in [4.78, 5) is 29.2. The molecule has 1 unspecified atom stereocenters. The van der Waals surface area contributed by atoms with Crippen molar-refractivity contribution in [3.05, 3.63) is 76.2 Å². The molecule has 2 heterocycles. The van der Waals surface area contributed by atoms with Crippen molar-refractivity contribution in [3.8, 4) is 10.6 Å². The van der Waals surface area contributed by atoms with E-state index in [1.54, 1.807) is 31.3 Å². The van der Waals surface area contributed by atoms with E-state index in [0.29, 0.717) is 11.4 Å². The Morgan fingerprint density at radius 2 is 1.83 bits per heavy atom. The molecule has 0 aliphatic heterocycles. The number of nitrogens with zero attached hydrogens (tertiary/aromatic N) is 3. The normalized spacial score (nSPS) is 12.1. The second kappa shape index (κ2) is 7.60. The molecule has 2 aromatic carbocycles. The summed E-state index contributed by atoms with van der Waals surface area (Å²) in [6, 6.07) is 16.1. The van der Waals surface area contributed by atoms with E-state index in [-0.39, 0.29) is 11.5 Å². The fourth-order valence-corrected chi connectivity index (χ4v) is 4.08. The quantitative estimate of drug-likeness (QED) is 0.549. The molecule has 0 aliphatic rings. The second-order valence-electron chi connectivity index (χ2n) is 6.99. The van der Waals surface area contributed by atoms with Crippen LogP contribution in [0.2, 0.25) is 0 Å². The minimum Gasteiger partial charge on any atom is -0.324 e. The van der Waals surface area contributed by atoms with E-state index in [9.17, 15) is 9.59 Å². The Kier molecular flexibility index (Phi) is 4.98. The van der Waals surface area contributed by atoms with Crippen LogP contribution >= 0.6 is 11.3 Å². The molecule has 0 spiro atoms. The minimum absolute atomic E-state index is 0.298. The molecule has 29 heavy (non-hydrogen) atoms. The highest BCUT2D eigenvalue weighted by molar-refractivity contribution is 7.21. The number of aromatic nitrogens is 3.